The maximum Gasteiger partial charge on any atom is 0.257 e. The fraction of sp³-hybridized carbons (Fsp3) is 0.304. The van der Waals surface area contributed by atoms with Gasteiger partial charge in [-0.1, -0.05) is 30.3 Å². The van der Waals surface area contributed by atoms with E-state index in [0.29, 0.717) is 11.3 Å². The number of methoxy groups -OCH3 is 1. The van der Waals surface area contributed by atoms with Crippen LogP contribution in [0.25, 0.3) is 6.08 Å². The minimum Gasteiger partial charge on any atom is -0.385 e. The van der Waals surface area contributed by atoms with E-state index in [-0.39, 0.29) is 19.1 Å². The van der Waals surface area contributed by atoms with E-state index in [0.717, 1.165) is 5.41 Å². The first-order valence-corrected chi connectivity index (χ1v) is 11.6. The number of carbonyl (C=O) groups excluding carboxylic acids is 2. The van der Waals surface area contributed by atoms with Crippen LogP contribution >= 0.6 is 0 Å². The lowest BCUT2D eigenvalue weighted by atomic mass is 10.0. The summed E-state index contributed by atoms with van der Waals surface area (Å²) in [5.74, 6) is -3.35. The molecule has 0 aliphatic heterocycles. The molecule has 172 valence electrons. The second kappa shape index (κ2) is 11.5. The molecule has 2 aromatic carbocycles. The van der Waals surface area contributed by atoms with Crippen molar-refractivity contribution >= 4 is 33.6 Å². The van der Waals surface area contributed by atoms with E-state index in [4.69, 9.17) is 4.74 Å². The van der Waals surface area contributed by atoms with Crippen LogP contribution in [-0.4, -0.2) is 40.0 Å². The Morgan fingerprint density at radius 1 is 1.09 bits per heavy atom. The first-order valence-electron chi connectivity index (χ1n) is 10.0. The molecule has 0 heterocycles. The lowest BCUT2D eigenvalue weighted by Gasteiger charge is -2.30. The molecule has 9 heteroatoms. The van der Waals surface area contributed by atoms with Gasteiger partial charge in [0.15, 0.2) is 0 Å². The number of hydrogen-bond acceptors (Lipinski definition) is 5. The standard InChI is InChI=1S/C23H27FN2O5S/c1-17(2)26(20-11-9-19(24)10-12-20)23(28)21(13-15-31-3)22(27)25-32(29,30)16-14-18-7-5-4-6-8-18/h4-12,14,16-17,21H,13,15H2,1-3H3,(H,25,27)/b16-14+. The third-order valence-corrected chi connectivity index (χ3v) is 5.55. The van der Waals surface area contributed by atoms with Crippen molar-refractivity contribution in [3.05, 3.63) is 71.4 Å². The molecule has 0 radical (unpaired) electrons. The second-order valence-electron chi connectivity index (χ2n) is 7.34. The van der Waals surface area contributed by atoms with Crippen LogP contribution in [0, 0.1) is 11.7 Å². The van der Waals surface area contributed by atoms with E-state index in [1.165, 1.54) is 42.4 Å². The lowest BCUT2D eigenvalue weighted by Crippen LogP contribution is -2.47. The molecule has 2 rings (SSSR count). The number of anilines is 1. The number of sulfonamides is 1. The van der Waals surface area contributed by atoms with Crippen LogP contribution in [0.2, 0.25) is 0 Å². The molecule has 0 aliphatic carbocycles. The molecule has 2 amide bonds. The van der Waals surface area contributed by atoms with E-state index in [2.05, 4.69) is 0 Å². The highest BCUT2D eigenvalue weighted by atomic mass is 32.2. The molecular weight excluding hydrogens is 435 g/mol. The molecule has 1 atom stereocenters. The van der Waals surface area contributed by atoms with E-state index in [9.17, 15) is 22.4 Å². The molecule has 7 nitrogen and oxygen atoms in total. The van der Waals surface area contributed by atoms with Gasteiger partial charge in [0.1, 0.15) is 11.7 Å². The number of benzene rings is 2. The van der Waals surface area contributed by atoms with Crippen LogP contribution in [0.1, 0.15) is 25.8 Å². The number of nitrogens with zero attached hydrogens (tertiary/aromatic N) is 1. The minimum atomic E-state index is -4.14. The van der Waals surface area contributed by atoms with Crippen molar-refractivity contribution in [3.63, 3.8) is 0 Å². The van der Waals surface area contributed by atoms with Gasteiger partial charge in [0.25, 0.3) is 10.0 Å². The number of rotatable bonds is 10. The van der Waals surface area contributed by atoms with Crippen LogP contribution < -0.4 is 9.62 Å². The first kappa shape index (κ1) is 25.2. The minimum absolute atomic E-state index is 0.0243. The number of hydrogen-bond donors (Lipinski definition) is 1. The highest BCUT2D eigenvalue weighted by Crippen LogP contribution is 2.22. The van der Waals surface area contributed by atoms with Gasteiger partial charge in [0.05, 0.1) is 5.41 Å². The van der Waals surface area contributed by atoms with Gasteiger partial charge >= 0.3 is 0 Å². The van der Waals surface area contributed by atoms with Crippen LogP contribution in [0.5, 0.6) is 0 Å². The fourth-order valence-corrected chi connectivity index (χ4v) is 3.86. The topological polar surface area (TPSA) is 92.8 Å². The Bertz CT molecular complexity index is 1040. The van der Waals surface area contributed by atoms with Crippen molar-refractivity contribution in [3.8, 4) is 0 Å². The molecule has 2 aromatic rings. The third-order valence-electron chi connectivity index (χ3n) is 4.57. The maximum atomic E-state index is 13.3. The Balaban J connectivity index is 2.26. The van der Waals surface area contributed by atoms with Gasteiger partial charge in [-0.25, -0.2) is 17.5 Å². The Labute approximate surface area is 187 Å². The SMILES string of the molecule is COCCC(C(=O)NS(=O)(=O)/C=C/c1ccccc1)C(=O)N(c1ccc(F)cc1)C(C)C. The zero-order chi connectivity index (χ0) is 23.7. The number of amides is 2. The summed E-state index contributed by atoms with van der Waals surface area (Å²) in [4.78, 5) is 27.5. The summed E-state index contributed by atoms with van der Waals surface area (Å²) in [5, 5.41) is 0.873. The van der Waals surface area contributed by atoms with Crippen LogP contribution in [0.4, 0.5) is 10.1 Å². The number of nitrogens with one attached hydrogen (secondary N) is 1. The Kier molecular flexibility index (Phi) is 9.10. The smallest absolute Gasteiger partial charge is 0.257 e. The fourth-order valence-electron chi connectivity index (χ4n) is 3.03. The molecule has 1 unspecified atom stereocenters. The Morgan fingerprint density at radius 2 is 1.72 bits per heavy atom. The molecule has 32 heavy (non-hydrogen) atoms. The van der Waals surface area contributed by atoms with Crippen molar-refractivity contribution in [2.75, 3.05) is 18.6 Å². The normalized spacial score (nSPS) is 12.7. The number of halogens is 1. The van der Waals surface area contributed by atoms with Gasteiger partial charge in [-0.3, -0.25) is 9.59 Å². The maximum absolute atomic E-state index is 13.3. The summed E-state index contributed by atoms with van der Waals surface area (Å²) >= 11 is 0. The summed E-state index contributed by atoms with van der Waals surface area (Å²) < 4.78 is 45.1. The zero-order valence-corrected chi connectivity index (χ0v) is 19.0. The summed E-state index contributed by atoms with van der Waals surface area (Å²) in [6.45, 7) is 3.55. The molecule has 0 saturated carbocycles. The summed E-state index contributed by atoms with van der Waals surface area (Å²) in [7, 11) is -2.72. The van der Waals surface area contributed by atoms with Gasteiger partial charge in [0.2, 0.25) is 11.8 Å². The van der Waals surface area contributed by atoms with Gasteiger partial charge in [-0.15, -0.1) is 0 Å². The zero-order valence-electron chi connectivity index (χ0n) is 18.2. The van der Waals surface area contributed by atoms with Crippen LogP contribution in [-0.2, 0) is 24.3 Å². The molecule has 0 aromatic heterocycles. The van der Waals surface area contributed by atoms with Crippen molar-refractivity contribution in [2.24, 2.45) is 5.92 Å². The van der Waals surface area contributed by atoms with Crippen LogP contribution in [0.15, 0.2) is 60.0 Å². The second-order valence-corrected chi connectivity index (χ2v) is 8.90. The van der Waals surface area contributed by atoms with Crippen molar-refractivity contribution in [1.29, 1.82) is 0 Å². The molecule has 1 N–H and O–H groups in total. The quantitative estimate of drug-likeness (QED) is 0.547. The van der Waals surface area contributed by atoms with Gasteiger partial charge < -0.3 is 9.64 Å². The average Bonchev–Trinajstić information content (AvgIpc) is 2.74. The molecule has 0 saturated heterocycles. The summed E-state index contributed by atoms with van der Waals surface area (Å²) in [5.41, 5.74) is 1.04. The lowest BCUT2D eigenvalue weighted by molar-refractivity contribution is -0.133. The number of carbonyl (C=O) groups is 2. The van der Waals surface area contributed by atoms with E-state index < -0.39 is 33.6 Å². The highest BCUT2D eigenvalue weighted by molar-refractivity contribution is 7.93. The van der Waals surface area contributed by atoms with Crippen molar-refractivity contribution in [1.82, 2.24) is 4.72 Å². The Morgan fingerprint density at radius 3 is 2.28 bits per heavy atom. The Hall–Kier alpha value is -3.04. The van der Waals surface area contributed by atoms with E-state index in [1.807, 2.05) is 4.72 Å². The monoisotopic (exact) mass is 462 g/mol. The summed E-state index contributed by atoms with van der Waals surface area (Å²) in [6.07, 6.45) is 1.32. The van der Waals surface area contributed by atoms with Crippen molar-refractivity contribution in [2.45, 2.75) is 26.3 Å². The number of ether oxygens (including phenoxy) is 1. The molecule has 0 bridgehead atoms. The summed E-state index contributed by atoms with van der Waals surface area (Å²) in [6, 6.07) is 13.6. The van der Waals surface area contributed by atoms with E-state index in [1.54, 1.807) is 44.2 Å². The predicted molar refractivity (Wildman–Crippen MR) is 122 cm³/mol. The predicted octanol–water partition coefficient (Wildman–Crippen LogP) is 3.34. The van der Waals surface area contributed by atoms with E-state index >= 15 is 0 Å². The molecule has 0 fully saturated rings. The van der Waals surface area contributed by atoms with Gasteiger partial charge in [0, 0.05) is 25.4 Å². The van der Waals surface area contributed by atoms with Gasteiger partial charge in [-0.05, 0) is 56.2 Å². The first-order chi connectivity index (χ1) is 15.1. The molecular formula is C23H27FN2O5S. The van der Waals surface area contributed by atoms with Crippen LogP contribution in [0.3, 0.4) is 0 Å². The third kappa shape index (κ3) is 7.28. The molecule has 0 aliphatic rings. The van der Waals surface area contributed by atoms with Gasteiger partial charge in [-0.2, -0.15) is 0 Å². The average molecular weight is 463 g/mol. The highest BCUT2D eigenvalue weighted by Gasteiger charge is 2.34. The van der Waals surface area contributed by atoms with Crippen molar-refractivity contribution < 1.29 is 27.1 Å². The largest absolute Gasteiger partial charge is 0.385 e. The molecule has 0 spiro atoms.